The van der Waals surface area contributed by atoms with E-state index in [2.05, 4.69) is 0 Å². The van der Waals surface area contributed by atoms with Gasteiger partial charge in [-0.15, -0.1) is 11.3 Å². The van der Waals surface area contributed by atoms with Crippen molar-refractivity contribution in [1.29, 1.82) is 0 Å². The molecule has 120 valence electrons. The van der Waals surface area contributed by atoms with Crippen LogP contribution in [0.5, 0.6) is 0 Å². The van der Waals surface area contributed by atoms with Gasteiger partial charge in [-0.2, -0.15) is 17.5 Å². The number of nitrogens with zero attached hydrogens (tertiary/aromatic N) is 1. The Bertz CT molecular complexity index is 603. The molecule has 2 rings (SSSR count). The van der Waals surface area contributed by atoms with Gasteiger partial charge in [0.05, 0.1) is 5.92 Å². The van der Waals surface area contributed by atoms with Crippen LogP contribution in [0.2, 0.25) is 0 Å². The summed E-state index contributed by atoms with van der Waals surface area (Å²) in [6.07, 6.45) is -4.63. The third kappa shape index (κ3) is 3.25. The fraction of sp³-hybridized carbons (Fsp3) is 0.667. The average Bonchev–Trinajstić information content (AvgIpc) is 2.79. The summed E-state index contributed by atoms with van der Waals surface area (Å²) in [5, 5.41) is 1.71. The van der Waals surface area contributed by atoms with Crippen molar-refractivity contribution < 1.29 is 21.6 Å². The van der Waals surface area contributed by atoms with Gasteiger partial charge >= 0.3 is 6.18 Å². The summed E-state index contributed by atoms with van der Waals surface area (Å²) in [5.41, 5.74) is 6.14. The molecule has 0 unspecified atom stereocenters. The maximum absolute atomic E-state index is 12.6. The van der Waals surface area contributed by atoms with Gasteiger partial charge in [-0.1, -0.05) is 0 Å². The van der Waals surface area contributed by atoms with Gasteiger partial charge < -0.3 is 5.73 Å². The topological polar surface area (TPSA) is 63.4 Å². The lowest BCUT2D eigenvalue weighted by Gasteiger charge is -2.32. The quantitative estimate of drug-likeness (QED) is 0.918. The van der Waals surface area contributed by atoms with Gasteiger partial charge in [-0.05, 0) is 30.7 Å². The third-order valence-corrected chi connectivity index (χ3v) is 7.07. The molecular weight excluding hydrogens is 325 g/mol. The van der Waals surface area contributed by atoms with Gasteiger partial charge in [0.25, 0.3) is 0 Å². The normalized spacial score (nSPS) is 19.1. The highest BCUT2D eigenvalue weighted by atomic mass is 32.2. The Morgan fingerprint density at radius 2 is 1.95 bits per heavy atom. The van der Waals surface area contributed by atoms with E-state index < -0.39 is 22.1 Å². The molecule has 21 heavy (non-hydrogen) atoms. The number of piperidine rings is 1. The number of halogens is 3. The van der Waals surface area contributed by atoms with Gasteiger partial charge in [0.2, 0.25) is 10.0 Å². The van der Waals surface area contributed by atoms with E-state index in [0.29, 0.717) is 10.4 Å². The van der Waals surface area contributed by atoms with E-state index in [-0.39, 0.29) is 37.4 Å². The number of sulfonamides is 1. The second-order valence-electron chi connectivity index (χ2n) is 5.10. The SMILES string of the molecule is Cc1csc(CN)c1S(=O)(=O)N1CCC(C(F)(F)F)CC1. The molecule has 0 bridgehead atoms. The first-order valence-electron chi connectivity index (χ1n) is 6.51. The minimum Gasteiger partial charge on any atom is -0.326 e. The lowest BCUT2D eigenvalue weighted by Crippen LogP contribution is -2.42. The Labute approximate surface area is 125 Å². The van der Waals surface area contributed by atoms with Crippen molar-refractivity contribution >= 4 is 21.4 Å². The van der Waals surface area contributed by atoms with Crippen molar-refractivity contribution in [2.45, 2.75) is 37.4 Å². The molecule has 2 heterocycles. The Balaban J connectivity index is 2.21. The predicted molar refractivity (Wildman–Crippen MR) is 74.5 cm³/mol. The standard InChI is InChI=1S/C12H17F3N2O2S2/c1-8-7-20-10(6-16)11(8)21(18,19)17-4-2-9(3-5-17)12(13,14)15/h7,9H,2-6,16H2,1H3. The Morgan fingerprint density at radius 3 is 2.43 bits per heavy atom. The van der Waals surface area contributed by atoms with E-state index in [1.54, 1.807) is 12.3 Å². The molecule has 1 aliphatic heterocycles. The van der Waals surface area contributed by atoms with Crippen LogP contribution in [0.3, 0.4) is 0 Å². The molecule has 0 radical (unpaired) electrons. The smallest absolute Gasteiger partial charge is 0.326 e. The highest BCUT2D eigenvalue weighted by Crippen LogP contribution is 2.37. The fourth-order valence-electron chi connectivity index (χ4n) is 2.53. The number of rotatable bonds is 3. The highest BCUT2D eigenvalue weighted by Gasteiger charge is 2.43. The van der Waals surface area contributed by atoms with Crippen LogP contribution in [0, 0.1) is 12.8 Å². The summed E-state index contributed by atoms with van der Waals surface area (Å²) in [6, 6.07) is 0. The summed E-state index contributed by atoms with van der Waals surface area (Å²) in [7, 11) is -3.76. The molecule has 0 atom stereocenters. The molecule has 4 nitrogen and oxygen atoms in total. The van der Waals surface area contributed by atoms with Gasteiger partial charge in [0.15, 0.2) is 0 Å². The molecule has 9 heteroatoms. The zero-order valence-electron chi connectivity index (χ0n) is 11.5. The first-order chi connectivity index (χ1) is 9.67. The summed E-state index contributed by atoms with van der Waals surface area (Å²) < 4.78 is 64.3. The largest absolute Gasteiger partial charge is 0.391 e. The van der Waals surface area contributed by atoms with Gasteiger partial charge in [0.1, 0.15) is 4.90 Å². The van der Waals surface area contributed by atoms with Crippen molar-refractivity contribution in [3.8, 4) is 0 Å². The van der Waals surface area contributed by atoms with Crippen molar-refractivity contribution in [2.75, 3.05) is 13.1 Å². The highest BCUT2D eigenvalue weighted by molar-refractivity contribution is 7.89. The predicted octanol–water partition coefficient (Wildman–Crippen LogP) is 2.48. The van der Waals surface area contributed by atoms with Crippen LogP contribution in [0.4, 0.5) is 13.2 Å². The van der Waals surface area contributed by atoms with Crippen molar-refractivity contribution in [3.63, 3.8) is 0 Å². The zero-order valence-corrected chi connectivity index (χ0v) is 13.1. The number of aryl methyl sites for hydroxylation is 1. The number of nitrogens with two attached hydrogens (primary N) is 1. The maximum atomic E-state index is 12.6. The number of alkyl halides is 3. The van der Waals surface area contributed by atoms with Crippen LogP contribution in [-0.2, 0) is 16.6 Å². The molecule has 0 aromatic carbocycles. The second-order valence-corrected chi connectivity index (χ2v) is 7.93. The van der Waals surface area contributed by atoms with E-state index in [9.17, 15) is 21.6 Å². The Hall–Kier alpha value is -0.640. The molecular formula is C12H17F3N2O2S2. The number of thiophene rings is 1. The molecule has 1 fully saturated rings. The molecule has 0 spiro atoms. The van der Waals surface area contributed by atoms with Gasteiger partial charge in [-0.3, -0.25) is 0 Å². The summed E-state index contributed by atoms with van der Waals surface area (Å²) in [5.74, 6) is -1.42. The number of hydrogen-bond acceptors (Lipinski definition) is 4. The average molecular weight is 342 g/mol. The molecule has 1 aliphatic rings. The molecule has 0 amide bonds. The van der Waals surface area contributed by atoms with Crippen molar-refractivity contribution in [3.05, 3.63) is 15.8 Å². The van der Waals surface area contributed by atoms with Crippen LogP contribution in [0.25, 0.3) is 0 Å². The van der Waals surface area contributed by atoms with Crippen LogP contribution >= 0.6 is 11.3 Å². The molecule has 0 aliphatic carbocycles. The van der Waals surface area contributed by atoms with E-state index >= 15 is 0 Å². The maximum Gasteiger partial charge on any atom is 0.391 e. The monoisotopic (exact) mass is 342 g/mol. The van der Waals surface area contributed by atoms with Gasteiger partial charge in [0, 0.05) is 24.5 Å². The molecule has 0 saturated carbocycles. The Morgan fingerprint density at radius 1 is 1.38 bits per heavy atom. The van der Waals surface area contributed by atoms with E-state index in [1.165, 1.54) is 11.3 Å². The molecule has 1 saturated heterocycles. The molecule has 1 aromatic heterocycles. The lowest BCUT2D eigenvalue weighted by atomic mass is 9.98. The third-order valence-electron chi connectivity index (χ3n) is 3.69. The van der Waals surface area contributed by atoms with Crippen LogP contribution in [0.15, 0.2) is 10.3 Å². The van der Waals surface area contributed by atoms with E-state index in [4.69, 9.17) is 5.73 Å². The van der Waals surface area contributed by atoms with Crippen LogP contribution in [0.1, 0.15) is 23.3 Å². The van der Waals surface area contributed by atoms with Crippen molar-refractivity contribution in [1.82, 2.24) is 4.31 Å². The molecule has 2 N–H and O–H groups in total. The minimum absolute atomic E-state index is 0.103. The van der Waals surface area contributed by atoms with Crippen LogP contribution < -0.4 is 5.73 Å². The summed E-state index contributed by atoms with van der Waals surface area (Å²) in [4.78, 5) is 0.714. The Kier molecular flexibility index (Phi) is 4.67. The van der Waals surface area contributed by atoms with Crippen molar-refractivity contribution in [2.24, 2.45) is 11.7 Å². The second kappa shape index (κ2) is 5.86. The molecule has 1 aromatic rings. The van der Waals surface area contributed by atoms with Crippen LogP contribution in [-0.4, -0.2) is 32.0 Å². The minimum atomic E-state index is -4.25. The number of hydrogen-bond donors (Lipinski definition) is 1. The van der Waals surface area contributed by atoms with Gasteiger partial charge in [-0.25, -0.2) is 8.42 Å². The fourth-order valence-corrected chi connectivity index (χ4v) is 5.65. The lowest BCUT2D eigenvalue weighted by molar-refractivity contribution is -0.182. The van der Waals surface area contributed by atoms with E-state index in [1.807, 2.05) is 0 Å². The van der Waals surface area contributed by atoms with E-state index in [0.717, 1.165) is 4.31 Å². The summed E-state index contributed by atoms with van der Waals surface area (Å²) in [6.45, 7) is 1.56. The zero-order chi connectivity index (χ0) is 15.8. The first-order valence-corrected chi connectivity index (χ1v) is 8.83. The summed E-state index contributed by atoms with van der Waals surface area (Å²) >= 11 is 1.26. The first kappa shape index (κ1) is 16.7.